The van der Waals surface area contributed by atoms with Crippen LogP contribution in [0.4, 0.5) is 0 Å². The van der Waals surface area contributed by atoms with E-state index in [9.17, 15) is 9.59 Å². The molecule has 0 aliphatic heterocycles. The Hall–Kier alpha value is -2.00. The smallest absolute Gasteiger partial charge is 0.152 e. The van der Waals surface area contributed by atoms with E-state index in [0.29, 0.717) is 19.6 Å². The molecule has 25 heavy (non-hydrogen) atoms. The molecule has 0 saturated heterocycles. The summed E-state index contributed by atoms with van der Waals surface area (Å²) in [5, 5.41) is 0. The van der Waals surface area contributed by atoms with Gasteiger partial charge in [-0.3, -0.25) is 9.59 Å². The van der Waals surface area contributed by atoms with Gasteiger partial charge in [-0.25, -0.2) is 0 Å². The van der Waals surface area contributed by atoms with Gasteiger partial charge >= 0.3 is 0 Å². The van der Waals surface area contributed by atoms with Crippen LogP contribution in [0.25, 0.3) is 0 Å². The fraction of sp³-hybridized carbons (Fsp3) is 0.455. The van der Waals surface area contributed by atoms with Crippen LogP contribution in [0.2, 0.25) is 0 Å². The van der Waals surface area contributed by atoms with E-state index in [1.807, 2.05) is 43.3 Å². The zero-order valence-corrected chi connectivity index (χ0v) is 15.5. The second kappa shape index (κ2) is 7.92. The van der Waals surface area contributed by atoms with Gasteiger partial charge in [0.25, 0.3) is 0 Å². The third-order valence-electron chi connectivity index (χ3n) is 5.77. The van der Waals surface area contributed by atoms with Crippen molar-refractivity contribution in [2.75, 3.05) is 6.61 Å². The van der Waals surface area contributed by atoms with Crippen LogP contribution in [0.5, 0.6) is 0 Å². The highest BCUT2D eigenvalue weighted by Gasteiger charge is 2.53. The molecule has 0 amide bonds. The maximum atomic E-state index is 12.7. The minimum Gasteiger partial charge on any atom is -0.376 e. The van der Waals surface area contributed by atoms with Gasteiger partial charge in [0, 0.05) is 11.8 Å². The lowest BCUT2D eigenvalue weighted by molar-refractivity contribution is -0.138. The normalized spacial score (nSPS) is 29.7. The molecule has 1 fully saturated rings. The average Bonchev–Trinajstić information content (AvgIpc) is 2.61. The van der Waals surface area contributed by atoms with Crippen molar-refractivity contribution in [1.29, 1.82) is 0 Å². The molecule has 0 bridgehead atoms. The Morgan fingerprint density at radius 3 is 2.60 bits per heavy atom. The van der Waals surface area contributed by atoms with E-state index in [2.05, 4.69) is 13.5 Å². The quantitative estimate of drug-likeness (QED) is 0.541. The number of carbonyl (C=O) groups is 2. The number of hydrogen-bond donors (Lipinski definition) is 0. The standard InChI is InChI=1S/C22H28O3/c1-5-21(3)19(16-25-15-18-9-7-6-8-10-18)11-12-20(24)22(21,4)14-13-17(2)23/h5-10,13-14,19H,1,11-12,15-16H2,2-4H3/b14-13+/t19?,21-,22-/m0/s1. The largest absolute Gasteiger partial charge is 0.376 e. The van der Waals surface area contributed by atoms with Gasteiger partial charge in [-0.2, -0.15) is 0 Å². The number of benzene rings is 1. The van der Waals surface area contributed by atoms with Crippen molar-refractivity contribution in [1.82, 2.24) is 0 Å². The molecule has 2 rings (SSSR count). The highest BCUT2D eigenvalue weighted by molar-refractivity contribution is 5.92. The highest BCUT2D eigenvalue weighted by atomic mass is 16.5. The van der Waals surface area contributed by atoms with E-state index >= 15 is 0 Å². The summed E-state index contributed by atoms with van der Waals surface area (Å²) in [6.07, 6.45) is 6.42. The summed E-state index contributed by atoms with van der Waals surface area (Å²) in [7, 11) is 0. The number of ketones is 2. The molecule has 0 heterocycles. The van der Waals surface area contributed by atoms with Crippen molar-refractivity contribution >= 4 is 11.6 Å². The molecule has 1 aliphatic carbocycles. The lowest BCUT2D eigenvalue weighted by Crippen LogP contribution is -2.51. The summed E-state index contributed by atoms with van der Waals surface area (Å²) < 4.78 is 5.96. The highest BCUT2D eigenvalue weighted by Crippen LogP contribution is 2.53. The second-order valence-electron chi connectivity index (χ2n) is 7.29. The first kappa shape index (κ1) is 19.3. The van der Waals surface area contributed by atoms with E-state index < -0.39 is 10.8 Å². The van der Waals surface area contributed by atoms with Crippen molar-refractivity contribution in [3.8, 4) is 0 Å². The summed E-state index contributed by atoms with van der Waals surface area (Å²) >= 11 is 0. The lowest BCUT2D eigenvalue weighted by atomic mass is 9.52. The van der Waals surface area contributed by atoms with E-state index in [0.717, 1.165) is 12.0 Å². The summed E-state index contributed by atoms with van der Waals surface area (Å²) in [5.74, 6) is 0.280. The van der Waals surface area contributed by atoms with E-state index in [4.69, 9.17) is 4.74 Å². The summed E-state index contributed by atoms with van der Waals surface area (Å²) in [5.41, 5.74) is -0.0568. The van der Waals surface area contributed by atoms with Crippen molar-refractivity contribution in [3.05, 3.63) is 60.7 Å². The van der Waals surface area contributed by atoms with Crippen LogP contribution in [-0.2, 0) is 20.9 Å². The number of Topliss-reactive ketones (excluding diaryl/α,β-unsaturated/α-hetero) is 1. The van der Waals surface area contributed by atoms with E-state index in [1.165, 1.54) is 13.0 Å². The van der Waals surface area contributed by atoms with Crippen LogP contribution in [0, 0.1) is 16.7 Å². The van der Waals surface area contributed by atoms with Gasteiger partial charge in [-0.15, -0.1) is 6.58 Å². The molecule has 134 valence electrons. The molecule has 1 aromatic rings. The SMILES string of the molecule is C=C[C@@]1(C)C(COCc2ccccc2)CCC(=O)[C@]1(C)/C=C/C(C)=O. The van der Waals surface area contributed by atoms with Gasteiger partial charge < -0.3 is 4.74 Å². The van der Waals surface area contributed by atoms with Crippen LogP contribution in [-0.4, -0.2) is 18.2 Å². The first-order valence-electron chi connectivity index (χ1n) is 8.82. The van der Waals surface area contributed by atoms with Gasteiger partial charge in [0.05, 0.1) is 18.6 Å². The molecule has 3 heteroatoms. The number of carbonyl (C=O) groups excluding carboxylic acids is 2. The molecular weight excluding hydrogens is 312 g/mol. The van der Waals surface area contributed by atoms with Crippen LogP contribution in [0.1, 0.15) is 39.2 Å². The Kier molecular flexibility index (Phi) is 6.12. The van der Waals surface area contributed by atoms with Crippen LogP contribution < -0.4 is 0 Å². The molecule has 1 aromatic carbocycles. The van der Waals surface area contributed by atoms with Gasteiger partial charge in [0.15, 0.2) is 5.78 Å². The van der Waals surface area contributed by atoms with E-state index in [1.54, 1.807) is 6.08 Å². The van der Waals surface area contributed by atoms with Gasteiger partial charge in [0.1, 0.15) is 5.78 Å². The van der Waals surface area contributed by atoms with Crippen molar-refractivity contribution in [3.63, 3.8) is 0 Å². The van der Waals surface area contributed by atoms with Crippen molar-refractivity contribution in [2.45, 2.75) is 40.2 Å². The van der Waals surface area contributed by atoms with Crippen molar-refractivity contribution in [2.24, 2.45) is 16.7 Å². The molecule has 3 nitrogen and oxygen atoms in total. The summed E-state index contributed by atoms with van der Waals surface area (Å²) in [6, 6.07) is 10.1. The van der Waals surface area contributed by atoms with Gasteiger partial charge in [-0.1, -0.05) is 49.4 Å². The minimum absolute atomic E-state index is 0.0529. The monoisotopic (exact) mass is 340 g/mol. The van der Waals surface area contributed by atoms with Gasteiger partial charge in [0.2, 0.25) is 0 Å². The molecular formula is C22H28O3. The molecule has 3 atom stereocenters. The molecule has 0 N–H and O–H groups in total. The zero-order valence-electron chi connectivity index (χ0n) is 15.5. The predicted octanol–water partition coefficient (Wildman–Crippen LogP) is 4.53. The minimum atomic E-state index is -0.737. The lowest BCUT2D eigenvalue weighted by Gasteiger charge is -2.50. The summed E-state index contributed by atoms with van der Waals surface area (Å²) in [6.45, 7) is 10.6. The first-order chi connectivity index (χ1) is 11.8. The van der Waals surface area contributed by atoms with Gasteiger partial charge in [-0.05, 0) is 37.8 Å². The fourth-order valence-electron chi connectivity index (χ4n) is 3.67. The molecule has 1 unspecified atom stereocenters. The Labute approximate surface area is 150 Å². The zero-order chi connectivity index (χ0) is 18.5. The molecule has 1 aliphatic rings. The second-order valence-corrected chi connectivity index (χ2v) is 7.29. The van der Waals surface area contributed by atoms with Crippen LogP contribution in [0.15, 0.2) is 55.1 Å². The third kappa shape index (κ3) is 3.98. The molecule has 0 aromatic heterocycles. The Bertz CT molecular complexity index is 661. The summed E-state index contributed by atoms with van der Waals surface area (Å²) in [4.78, 5) is 24.1. The predicted molar refractivity (Wildman–Crippen MR) is 100 cm³/mol. The number of ether oxygens (including phenoxy) is 1. The molecule has 0 radical (unpaired) electrons. The molecule has 1 saturated carbocycles. The van der Waals surface area contributed by atoms with E-state index in [-0.39, 0.29) is 17.5 Å². The Morgan fingerprint density at radius 1 is 1.32 bits per heavy atom. The van der Waals surface area contributed by atoms with Crippen LogP contribution >= 0.6 is 0 Å². The average molecular weight is 340 g/mol. The Morgan fingerprint density at radius 2 is 2.00 bits per heavy atom. The maximum Gasteiger partial charge on any atom is 0.152 e. The number of allylic oxidation sites excluding steroid dienone is 3. The molecule has 0 spiro atoms. The number of hydrogen-bond acceptors (Lipinski definition) is 3. The Balaban J connectivity index is 2.16. The fourth-order valence-corrected chi connectivity index (χ4v) is 3.67. The third-order valence-corrected chi connectivity index (χ3v) is 5.77. The number of rotatable bonds is 7. The van der Waals surface area contributed by atoms with Crippen LogP contribution in [0.3, 0.4) is 0 Å². The first-order valence-corrected chi connectivity index (χ1v) is 8.82. The maximum absolute atomic E-state index is 12.7. The topological polar surface area (TPSA) is 43.4 Å². The van der Waals surface area contributed by atoms with Crippen molar-refractivity contribution < 1.29 is 14.3 Å².